The van der Waals surface area contributed by atoms with Gasteiger partial charge in [0.05, 0.1) is 4.90 Å². The van der Waals surface area contributed by atoms with Gasteiger partial charge in [0.2, 0.25) is 10.0 Å². The summed E-state index contributed by atoms with van der Waals surface area (Å²) >= 11 is 0. The van der Waals surface area contributed by atoms with Gasteiger partial charge in [0.1, 0.15) is 0 Å². The lowest BCUT2D eigenvalue weighted by Gasteiger charge is -2.29. The second-order valence-corrected chi connectivity index (χ2v) is 7.97. The van der Waals surface area contributed by atoms with Crippen LogP contribution < -0.4 is 5.73 Å². The van der Waals surface area contributed by atoms with Crippen molar-refractivity contribution in [1.29, 1.82) is 0 Å². The predicted molar refractivity (Wildman–Crippen MR) is 86.9 cm³/mol. The average Bonchev–Trinajstić information content (AvgIpc) is 2.78. The monoisotopic (exact) mass is 310 g/mol. The maximum absolute atomic E-state index is 13.2. The minimum Gasteiger partial charge on any atom is -0.398 e. The molecular formula is C16H26N2O2S. The van der Waals surface area contributed by atoms with Gasteiger partial charge in [-0.05, 0) is 69.7 Å². The molecule has 1 heterocycles. The number of rotatable bonds is 3. The lowest BCUT2D eigenvalue weighted by Crippen LogP contribution is -2.40. The van der Waals surface area contributed by atoms with Gasteiger partial charge in [-0.15, -0.1) is 0 Å². The Balaban J connectivity index is 2.65. The van der Waals surface area contributed by atoms with Crippen molar-refractivity contribution in [3.63, 3.8) is 0 Å². The van der Waals surface area contributed by atoms with Crippen LogP contribution in [0, 0.1) is 20.8 Å². The number of hydrogen-bond donors (Lipinski definition) is 1. The summed E-state index contributed by atoms with van der Waals surface area (Å²) in [6.07, 6.45) is 2.72. The molecule has 0 saturated carbocycles. The van der Waals surface area contributed by atoms with E-state index in [1.54, 1.807) is 11.2 Å². The Hall–Kier alpha value is -1.07. The maximum atomic E-state index is 13.2. The van der Waals surface area contributed by atoms with Crippen molar-refractivity contribution < 1.29 is 8.42 Å². The highest BCUT2D eigenvalue weighted by atomic mass is 32.2. The molecule has 2 unspecified atom stereocenters. The van der Waals surface area contributed by atoms with Gasteiger partial charge < -0.3 is 5.73 Å². The van der Waals surface area contributed by atoms with Crippen molar-refractivity contribution >= 4 is 15.7 Å². The number of anilines is 1. The Kier molecular flexibility index (Phi) is 4.36. The molecule has 1 fully saturated rings. The van der Waals surface area contributed by atoms with Crippen LogP contribution in [0.15, 0.2) is 11.0 Å². The van der Waals surface area contributed by atoms with Crippen molar-refractivity contribution in [1.82, 2.24) is 4.31 Å². The van der Waals surface area contributed by atoms with Crippen LogP contribution in [0.4, 0.5) is 5.69 Å². The highest BCUT2D eigenvalue weighted by molar-refractivity contribution is 7.89. The van der Waals surface area contributed by atoms with Crippen LogP contribution in [-0.2, 0) is 10.0 Å². The summed E-state index contributed by atoms with van der Waals surface area (Å²) in [5.41, 5.74) is 8.97. The normalized spacial score (nSPS) is 23.7. The van der Waals surface area contributed by atoms with Crippen LogP contribution in [0.25, 0.3) is 0 Å². The molecule has 1 aliphatic rings. The largest absolute Gasteiger partial charge is 0.398 e. The molecule has 1 saturated heterocycles. The molecule has 1 aromatic rings. The van der Waals surface area contributed by atoms with Crippen molar-refractivity contribution in [2.45, 2.75) is 70.9 Å². The standard InChI is InChI=1S/C16H26N2O2S/c1-6-14-8-7-11(3)18(14)21(19,20)16-12(4)10(2)9-15(17)13(16)5/h9,11,14H,6-8,17H2,1-5H3. The summed E-state index contributed by atoms with van der Waals surface area (Å²) in [6, 6.07) is 2.01. The predicted octanol–water partition coefficient (Wildman–Crippen LogP) is 3.15. The summed E-state index contributed by atoms with van der Waals surface area (Å²) < 4.78 is 28.2. The van der Waals surface area contributed by atoms with E-state index in [2.05, 4.69) is 6.92 Å². The molecule has 21 heavy (non-hydrogen) atoms. The molecule has 0 aromatic heterocycles. The molecule has 2 atom stereocenters. The molecule has 1 aliphatic heterocycles. The fraction of sp³-hybridized carbons (Fsp3) is 0.625. The summed E-state index contributed by atoms with van der Waals surface area (Å²) in [5, 5.41) is 0. The Labute approximate surface area is 128 Å². The number of nitrogens with zero attached hydrogens (tertiary/aromatic N) is 1. The van der Waals surface area contributed by atoms with Gasteiger partial charge in [0.15, 0.2) is 0 Å². The molecule has 1 aromatic carbocycles. The average molecular weight is 310 g/mol. The number of aryl methyl sites for hydroxylation is 1. The maximum Gasteiger partial charge on any atom is 0.244 e. The number of hydrogen-bond acceptors (Lipinski definition) is 3. The fourth-order valence-corrected chi connectivity index (χ4v) is 5.89. The molecule has 0 radical (unpaired) electrons. The first-order chi connectivity index (χ1) is 9.71. The van der Waals surface area contributed by atoms with E-state index in [4.69, 9.17) is 5.73 Å². The van der Waals surface area contributed by atoms with Gasteiger partial charge in [-0.3, -0.25) is 0 Å². The van der Waals surface area contributed by atoms with Gasteiger partial charge in [-0.2, -0.15) is 4.31 Å². The van der Waals surface area contributed by atoms with Gasteiger partial charge in [0, 0.05) is 17.8 Å². The second kappa shape index (κ2) is 5.61. The van der Waals surface area contributed by atoms with Crippen LogP contribution in [0.2, 0.25) is 0 Å². The summed E-state index contributed by atoms with van der Waals surface area (Å²) in [7, 11) is -3.50. The molecule has 0 spiro atoms. The molecule has 4 nitrogen and oxygen atoms in total. The van der Waals surface area contributed by atoms with Gasteiger partial charge in [-0.25, -0.2) is 8.42 Å². The molecule has 0 bridgehead atoms. The molecule has 0 aliphatic carbocycles. The van der Waals surface area contributed by atoms with Gasteiger partial charge >= 0.3 is 0 Å². The molecule has 2 rings (SSSR count). The highest BCUT2D eigenvalue weighted by Crippen LogP contribution is 2.36. The number of nitrogens with two attached hydrogens (primary N) is 1. The highest BCUT2D eigenvalue weighted by Gasteiger charge is 2.40. The third kappa shape index (κ3) is 2.57. The topological polar surface area (TPSA) is 63.4 Å². The molecule has 118 valence electrons. The minimum absolute atomic E-state index is 0.0560. The zero-order valence-electron chi connectivity index (χ0n) is 13.6. The van der Waals surface area contributed by atoms with Crippen LogP contribution in [-0.4, -0.2) is 24.8 Å². The third-order valence-corrected chi connectivity index (χ3v) is 7.14. The minimum atomic E-state index is -3.50. The van der Waals surface area contributed by atoms with E-state index >= 15 is 0 Å². The van der Waals surface area contributed by atoms with Crippen LogP contribution >= 0.6 is 0 Å². The summed E-state index contributed by atoms with van der Waals surface area (Å²) in [6.45, 7) is 9.63. The van der Waals surface area contributed by atoms with E-state index in [0.717, 1.165) is 30.4 Å². The molecule has 0 amide bonds. The number of sulfonamides is 1. The van der Waals surface area contributed by atoms with Crippen molar-refractivity contribution in [2.75, 3.05) is 5.73 Å². The molecule has 5 heteroatoms. The fourth-order valence-electron chi connectivity index (χ4n) is 3.40. The SMILES string of the molecule is CCC1CCC(C)N1S(=O)(=O)c1c(C)c(C)cc(N)c1C. The smallest absolute Gasteiger partial charge is 0.244 e. The first-order valence-corrected chi connectivity index (χ1v) is 9.05. The number of nitrogen functional groups attached to an aromatic ring is 1. The molecule has 2 N–H and O–H groups in total. The Morgan fingerprint density at radius 1 is 1.24 bits per heavy atom. The number of benzene rings is 1. The van der Waals surface area contributed by atoms with Crippen LogP contribution in [0.1, 0.15) is 49.8 Å². The molecular weight excluding hydrogens is 284 g/mol. The van der Waals surface area contributed by atoms with Crippen molar-refractivity contribution in [3.05, 3.63) is 22.8 Å². The van der Waals surface area contributed by atoms with E-state index in [-0.39, 0.29) is 12.1 Å². The Bertz CT molecular complexity index is 626. The summed E-state index contributed by atoms with van der Waals surface area (Å²) in [5.74, 6) is 0. The summed E-state index contributed by atoms with van der Waals surface area (Å²) in [4.78, 5) is 0.409. The van der Waals surface area contributed by atoms with E-state index in [0.29, 0.717) is 16.1 Å². The lowest BCUT2D eigenvalue weighted by molar-refractivity contribution is 0.328. The Morgan fingerprint density at radius 2 is 1.86 bits per heavy atom. The Morgan fingerprint density at radius 3 is 2.43 bits per heavy atom. The van der Waals surface area contributed by atoms with Gasteiger partial charge in [-0.1, -0.05) is 6.92 Å². The van der Waals surface area contributed by atoms with E-state index < -0.39 is 10.0 Å². The first-order valence-electron chi connectivity index (χ1n) is 7.61. The quantitative estimate of drug-likeness (QED) is 0.872. The van der Waals surface area contributed by atoms with Crippen LogP contribution in [0.5, 0.6) is 0 Å². The van der Waals surface area contributed by atoms with Crippen LogP contribution in [0.3, 0.4) is 0 Å². The lowest BCUT2D eigenvalue weighted by atomic mass is 10.1. The zero-order valence-corrected chi connectivity index (χ0v) is 14.4. The van der Waals surface area contributed by atoms with E-state index in [9.17, 15) is 8.42 Å². The van der Waals surface area contributed by atoms with Crippen molar-refractivity contribution in [3.8, 4) is 0 Å². The third-order valence-electron chi connectivity index (χ3n) is 4.80. The van der Waals surface area contributed by atoms with E-state index in [1.165, 1.54) is 0 Å². The zero-order chi connectivity index (χ0) is 15.9. The first kappa shape index (κ1) is 16.3. The second-order valence-electron chi connectivity index (χ2n) is 6.19. The van der Waals surface area contributed by atoms with Gasteiger partial charge in [0.25, 0.3) is 0 Å². The van der Waals surface area contributed by atoms with Crippen molar-refractivity contribution in [2.24, 2.45) is 0 Å². The van der Waals surface area contributed by atoms with E-state index in [1.807, 2.05) is 26.8 Å².